The number of likely N-dealkylation sites (tertiary alicyclic amines) is 1. The van der Waals surface area contributed by atoms with Gasteiger partial charge >= 0.3 is 0 Å². The van der Waals surface area contributed by atoms with Gasteiger partial charge in [0.2, 0.25) is 0 Å². The molecule has 0 spiro atoms. The summed E-state index contributed by atoms with van der Waals surface area (Å²) in [5.74, 6) is 1.07. The van der Waals surface area contributed by atoms with Crippen LogP contribution in [0.2, 0.25) is 5.02 Å². The highest BCUT2D eigenvalue weighted by Gasteiger charge is 2.14. The molecule has 0 atom stereocenters. The lowest BCUT2D eigenvalue weighted by Gasteiger charge is -2.11. The Morgan fingerprint density at radius 2 is 1.83 bits per heavy atom. The van der Waals surface area contributed by atoms with Crippen LogP contribution in [0.25, 0.3) is 11.0 Å². The van der Waals surface area contributed by atoms with Crippen molar-refractivity contribution in [3.8, 4) is 0 Å². The molecule has 0 radical (unpaired) electrons. The van der Waals surface area contributed by atoms with Crippen LogP contribution >= 0.6 is 11.6 Å². The molecular formula is C19H20ClN3. The van der Waals surface area contributed by atoms with Gasteiger partial charge < -0.3 is 4.98 Å². The fourth-order valence-corrected chi connectivity index (χ4v) is 3.46. The van der Waals surface area contributed by atoms with Crippen LogP contribution in [0, 0.1) is 0 Å². The molecule has 3 aromatic rings. The number of aromatic nitrogens is 2. The molecule has 0 aliphatic carbocycles. The Bertz CT molecular complexity index is 801. The predicted octanol–water partition coefficient (Wildman–Crippen LogP) is 4.40. The molecule has 0 saturated carbocycles. The van der Waals surface area contributed by atoms with Gasteiger partial charge in [-0.2, -0.15) is 0 Å². The molecular weight excluding hydrogens is 306 g/mol. The second-order valence-electron chi connectivity index (χ2n) is 6.28. The van der Waals surface area contributed by atoms with E-state index in [1.165, 1.54) is 37.1 Å². The molecule has 2 aromatic carbocycles. The molecule has 0 bridgehead atoms. The van der Waals surface area contributed by atoms with Crippen LogP contribution in [0.15, 0.2) is 42.5 Å². The summed E-state index contributed by atoms with van der Waals surface area (Å²) in [6.07, 6.45) is 3.49. The fraction of sp³-hybridized carbons (Fsp3) is 0.316. The van der Waals surface area contributed by atoms with Crippen LogP contribution in [0.5, 0.6) is 0 Å². The molecule has 1 fully saturated rings. The molecule has 23 heavy (non-hydrogen) atoms. The third-order valence-electron chi connectivity index (χ3n) is 4.53. The van der Waals surface area contributed by atoms with Gasteiger partial charge in [0.15, 0.2) is 0 Å². The van der Waals surface area contributed by atoms with Crippen molar-refractivity contribution in [1.29, 1.82) is 0 Å². The first-order chi connectivity index (χ1) is 11.3. The molecule has 0 unspecified atom stereocenters. The van der Waals surface area contributed by atoms with Crippen molar-refractivity contribution in [3.63, 3.8) is 0 Å². The van der Waals surface area contributed by atoms with Crippen molar-refractivity contribution in [1.82, 2.24) is 14.9 Å². The Labute approximate surface area is 141 Å². The third kappa shape index (κ3) is 3.26. The van der Waals surface area contributed by atoms with Gasteiger partial charge in [-0.3, -0.25) is 4.90 Å². The molecule has 3 nitrogen and oxygen atoms in total. The van der Waals surface area contributed by atoms with Gasteiger partial charge in [-0.25, -0.2) is 4.98 Å². The standard InChI is InChI=1S/C19H20ClN3/c20-16-8-6-14(7-9-16)12-15-4-3-5-17-19(15)22-18(21-17)13-23-10-1-2-11-23/h3-9H,1-2,10-13H2,(H,21,22). The number of H-pyrrole nitrogens is 1. The normalized spacial score (nSPS) is 15.5. The maximum Gasteiger partial charge on any atom is 0.121 e. The second kappa shape index (κ2) is 6.34. The Hall–Kier alpha value is -1.84. The van der Waals surface area contributed by atoms with Gasteiger partial charge in [-0.1, -0.05) is 35.9 Å². The lowest BCUT2D eigenvalue weighted by molar-refractivity contribution is 0.324. The van der Waals surface area contributed by atoms with Crippen LogP contribution in [0.1, 0.15) is 29.8 Å². The van der Waals surface area contributed by atoms with E-state index in [4.69, 9.17) is 16.6 Å². The molecule has 0 amide bonds. The Morgan fingerprint density at radius 1 is 1.04 bits per heavy atom. The van der Waals surface area contributed by atoms with E-state index in [2.05, 4.69) is 40.2 Å². The number of imidazole rings is 1. The van der Waals surface area contributed by atoms with Crippen molar-refractivity contribution in [3.05, 3.63) is 64.4 Å². The van der Waals surface area contributed by atoms with Crippen molar-refractivity contribution in [2.75, 3.05) is 13.1 Å². The van der Waals surface area contributed by atoms with Gasteiger partial charge in [-0.15, -0.1) is 0 Å². The zero-order valence-electron chi connectivity index (χ0n) is 13.1. The van der Waals surface area contributed by atoms with Gasteiger partial charge in [0, 0.05) is 5.02 Å². The number of rotatable bonds is 4. The minimum absolute atomic E-state index is 0.777. The number of aromatic amines is 1. The summed E-state index contributed by atoms with van der Waals surface area (Å²) >= 11 is 5.97. The lowest BCUT2D eigenvalue weighted by atomic mass is 10.0. The number of hydrogen-bond acceptors (Lipinski definition) is 2. The highest BCUT2D eigenvalue weighted by molar-refractivity contribution is 6.30. The summed E-state index contributed by atoms with van der Waals surface area (Å²) in [7, 11) is 0. The highest BCUT2D eigenvalue weighted by Crippen LogP contribution is 2.22. The number of nitrogens with zero attached hydrogens (tertiary/aromatic N) is 2. The summed E-state index contributed by atoms with van der Waals surface area (Å²) in [4.78, 5) is 10.8. The summed E-state index contributed by atoms with van der Waals surface area (Å²) in [5, 5.41) is 0.777. The Kier molecular flexibility index (Phi) is 4.06. The maximum absolute atomic E-state index is 5.97. The summed E-state index contributed by atoms with van der Waals surface area (Å²) in [6, 6.07) is 14.4. The van der Waals surface area contributed by atoms with E-state index in [9.17, 15) is 0 Å². The van der Waals surface area contributed by atoms with Crippen LogP contribution in [0.3, 0.4) is 0 Å². The first-order valence-corrected chi connectivity index (χ1v) is 8.59. The van der Waals surface area contributed by atoms with E-state index in [1.807, 2.05) is 12.1 Å². The largest absolute Gasteiger partial charge is 0.341 e. The number of benzene rings is 2. The van der Waals surface area contributed by atoms with Crippen molar-refractivity contribution in [2.24, 2.45) is 0 Å². The van der Waals surface area contributed by atoms with Gasteiger partial charge in [0.1, 0.15) is 5.82 Å². The topological polar surface area (TPSA) is 31.9 Å². The van der Waals surface area contributed by atoms with E-state index in [0.29, 0.717) is 0 Å². The summed E-state index contributed by atoms with van der Waals surface area (Å²) in [6.45, 7) is 3.30. The monoisotopic (exact) mass is 325 g/mol. The smallest absolute Gasteiger partial charge is 0.121 e. The van der Waals surface area contributed by atoms with E-state index in [1.54, 1.807) is 0 Å². The summed E-state index contributed by atoms with van der Waals surface area (Å²) < 4.78 is 0. The number of fused-ring (bicyclic) bond motifs is 1. The second-order valence-corrected chi connectivity index (χ2v) is 6.72. The van der Waals surface area contributed by atoms with E-state index in [-0.39, 0.29) is 0 Å². The van der Waals surface area contributed by atoms with Crippen molar-refractivity contribution < 1.29 is 0 Å². The van der Waals surface area contributed by atoms with Crippen LogP contribution in [-0.4, -0.2) is 28.0 Å². The third-order valence-corrected chi connectivity index (χ3v) is 4.78. The molecule has 1 aliphatic heterocycles. The van der Waals surface area contributed by atoms with Crippen molar-refractivity contribution >= 4 is 22.6 Å². The number of nitrogens with one attached hydrogen (secondary N) is 1. The van der Waals surface area contributed by atoms with Gasteiger partial charge in [0.25, 0.3) is 0 Å². The summed E-state index contributed by atoms with van der Waals surface area (Å²) in [5.41, 5.74) is 4.74. The van der Waals surface area contributed by atoms with E-state index >= 15 is 0 Å². The molecule has 2 heterocycles. The quantitative estimate of drug-likeness (QED) is 0.771. The Balaban J connectivity index is 1.61. The minimum atomic E-state index is 0.777. The zero-order chi connectivity index (χ0) is 15.6. The average Bonchev–Trinajstić information content (AvgIpc) is 3.19. The van der Waals surface area contributed by atoms with E-state index in [0.717, 1.165) is 34.8 Å². The zero-order valence-corrected chi connectivity index (χ0v) is 13.8. The fourth-order valence-electron chi connectivity index (χ4n) is 3.33. The van der Waals surface area contributed by atoms with Gasteiger partial charge in [0.05, 0.1) is 17.6 Å². The first-order valence-electron chi connectivity index (χ1n) is 8.21. The van der Waals surface area contributed by atoms with Crippen LogP contribution in [0.4, 0.5) is 0 Å². The van der Waals surface area contributed by atoms with E-state index < -0.39 is 0 Å². The van der Waals surface area contributed by atoms with Crippen LogP contribution in [-0.2, 0) is 13.0 Å². The SMILES string of the molecule is Clc1ccc(Cc2cccc3[nH]c(CN4CCCC4)nc23)cc1. The molecule has 1 N–H and O–H groups in total. The van der Waals surface area contributed by atoms with Crippen LogP contribution < -0.4 is 0 Å². The average molecular weight is 326 g/mol. The van der Waals surface area contributed by atoms with Gasteiger partial charge in [-0.05, 0) is 61.7 Å². The maximum atomic E-state index is 5.97. The highest BCUT2D eigenvalue weighted by atomic mass is 35.5. The number of hydrogen-bond donors (Lipinski definition) is 1. The number of halogens is 1. The predicted molar refractivity (Wildman–Crippen MR) is 94.9 cm³/mol. The minimum Gasteiger partial charge on any atom is -0.341 e. The molecule has 1 aromatic heterocycles. The first kappa shape index (κ1) is 14.7. The molecule has 1 aliphatic rings. The molecule has 118 valence electrons. The lowest BCUT2D eigenvalue weighted by Crippen LogP contribution is -2.19. The Morgan fingerprint density at radius 3 is 2.61 bits per heavy atom. The molecule has 1 saturated heterocycles. The molecule has 4 heteroatoms. The number of para-hydroxylation sites is 1. The van der Waals surface area contributed by atoms with Crippen molar-refractivity contribution in [2.45, 2.75) is 25.8 Å². The molecule has 4 rings (SSSR count).